The third-order valence-corrected chi connectivity index (χ3v) is 19.6. The normalized spacial score (nSPS) is 19.9. The molecule has 5 atom stereocenters. The van der Waals surface area contributed by atoms with Gasteiger partial charge in [0.15, 0.2) is 5.78 Å². The fourth-order valence-corrected chi connectivity index (χ4v) is 15.4. The van der Waals surface area contributed by atoms with Gasteiger partial charge in [0, 0.05) is 83.7 Å². The molecule has 6 aliphatic heterocycles. The Kier molecular flexibility index (Phi) is 17.2. The molecule has 8 heterocycles. The van der Waals surface area contributed by atoms with Gasteiger partial charge in [0.1, 0.15) is 61.3 Å². The van der Waals surface area contributed by atoms with Crippen molar-refractivity contribution in [3.63, 3.8) is 0 Å². The summed E-state index contributed by atoms with van der Waals surface area (Å²) >= 11 is 0. The van der Waals surface area contributed by atoms with Crippen LogP contribution in [0.5, 0.6) is 11.5 Å². The first-order valence-corrected chi connectivity index (χ1v) is 32.3. The van der Waals surface area contributed by atoms with Crippen LogP contribution in [0.25, 0.3) is 16.6 Å². The number of aromatic nitrogens is 3. The first-order valence-electron chi connectivity index (χ1n) is 27.8. The third-order valence-electron chi connectivity index (χ3n) is 15.8. The van der Waals surface area contributed by atoms with E-state index >= 15 is 0 Å². The van der Waals surface area contributed by atoms with Crippen molar-refractivity contribution in [1.29, 1.82) is 0 Å². The molecule has 1 fully saturated rings. The number of nitrogens with zero attached hydrogens (tertiary/aromatic N) is 5. The average Bonchev–Trinajstić information content (AvgIpc) is 1.44. The number of carboxylic acid groups (broad SMARTS) is 1. The van der Waals surface area contributed by atoms with Crippen LogP contribution < -0.4 is 35.8 Å². The number of Topliss-reactive ketones (excluding diaryl/α,β-unsaturated/α-hetero) is 1. The minimum absolute atomic E-state index is 0.00991. The molecule has 25 nitrogen and oxygen atoms in total. The van der Waals surface area contributed by atoms with Crippen LogP contribution in [0.3, 0.4) is 0 Å². The predicted octanol–water partition coefficient (Wildman–Crippen LogP) is 6.04. The zero-order valence-corrected chi connectivity index (χ0v) is 48.8. The summed E-state index contributed by atoms with van der Waals surface area (Å²) in [5, 5.41) is 15.8. The summed E-state index contributed by atoms with van der Waals surface area (Å²) in [7, 11) is -16.9. The van der Waals surface area contributed by atoms with Gasteiger partial charge in [-0.25, -0.2) is 37.8 Å². The number of carbonyl (C=O) groups is 3. The highest BCUT2D eigenvalue weighted by atomic mass is 31.3. The van der Waals surface area contributed by atoms with Gasteiger partial charge in [-0.2, -0.15) is 8.62 Å². The monoisotopic (exact) mass is 1230 g/mol. The number of aryl methyl sites for hydroxylation is 2. The lowest BCUT2D eigenvalue weighted by Gasteiger charge is -2.39. The number of hydrogen-bond donors (Lipinski definition) is 7. The van der Waals surface area contributed by atoms with Gasteiger partial charge in [-0.15, -0.1) is 6.58 Å². The van der Waals surface area contributed by atoms with Gasteiger partial charge in [-0.05, 0) is 92.3 Å². The zero-order valence-electron chi connectivity index (χ0n) is 46.1. The summed E-state index contributed by atoms with van der Waals surface area (Å²) in [5.41, 5.74) is 16.1. The number of carbonyl (C=O) groups excluding carboxylic acids is 2. The number of fused-ring (bicyclic) bond motifs is 5. The molecular formula is C57H63N7O18P3+. The van der Waals surface area contributed by atoms with E-state index in [-0.39, 0.29) is 55.4 Å². The van der Waals surface area contributed by atoms with Crippen LogP contribution in [-0.2, 0) is 66.7 Å². The number of rotatable bonds is 21. The van der Waals surface area contributed by atoms with E-state index in [1.54, 1.807) is 29.0 Å². The molecule has 3 aromatic carbocycles. The maximum absolute atomic E-state index is 14.1. The lowest BCUT2D eigenvalue weighted by molar-refractivity contribution is -0.0549. The topological polar surface area (TPSA) is 343 Å². The van der Waals surface area contributed by atoms with Crippen LogP contribution in [0.4, 0.5) is 16.3 Å². The number of aromatic carboxylic acids is 1. The molecule has 5 aromatic rings. The van der Waals surface area contributed by atoms with Crippen molar-refractivity contribution >= 4 is 69.4 Å². The molecule has 0 saturated carbocycles. The minimum atomic E-state index is -5.77. The van der Waals surface area contributed by atoms with E-state index < -0.39 is 60.6 Å². The van der Waals surface area contributed by atoms with Crippen molar-refractivity contribution in [1.82, 2.24) is 24.4 Å². The first-order chi connectivity index (χ1) is 40.7. The Morgan fingerprint density at radius 3 is 2.46 bits per heavy atom. The Bertz CT molecular complexity index is 3960. The van der Waals surface area contributed by atoms with E-state index in [0.717, 1.165) is 105 Å². The Hall–Kier alpha value is -6.87. The van der Waals surface area contributed by atoms with Crippen LogP contribution >= 0.6 is 23.5 Å². The molecule has 0 bridgehead atoms. The van der Waals surface area contributed by atoms with Crippen molar-refractivity contribution in [3.05, 3.63) is 128 Å². The van der Waals surface area contributed by atoms with Crippen LogP contribution in [0.1, 0.15) is 117 Å². The third kappa shape index (κ3) is 12.8. The smallest absolute Gasteiger partial charge is 0.478 e. The van der Waals surface area contributed by atoms with E-state index in [0.29, 0.717) is 40.5 Å². The number of nitrogens with two attached hydrogens (primary N) is 1. The number of anilines is 2. The standard InChI is InChI=1S/C57H62N7O18P3/c1-3-24-76-45-28-47(79-46(45)31-78-84(72,73)82-85(74,75)81-83(69,70)71)64-29-37(48-54(58)60-32-61-55(48)64)11-5-19-59-57(68)77-30-33(2)10-4-16-44(65)34-17-18-38(56(66)67)41(25-34)49-42-26-35-12-6-20-62-22-8-14-39(50(35)62)52(42)80-53-40-15-9-23-63-21-7-13-36(51(40)63)27-43(49)53/h3,17-18,25-27,29,32,45-47H,1-2,4,6-10,12-16,19-24,28,30-31H2,(H7-,58,59,60,61,66,67,68,69,70,71,72,73,74,75)/p+1/t45?,46-,47-/m1/s1. The highest BCUT2D eigenvalue weighted by Crippen LogP contribution is 2.66. The number of phosphoric ester groups is 1. The van der Waals surface area contributed by atoms with Crippen LogP contribution in [0.2, 0.25) is 0 Å². The molecule has 0 aliphatic carbocycles. The molecule has 85 heavy (non-hydrogen) atoms. The average molecular weight is 1230 g/mol. The fourth-order valence-electron chi connectivity index (χ4n) is 12.4. The molecule has 0 spiro atoms. The summed E-state index contributed by atoms with van der Waals surface area (Å²) in [6.07, 6.45) is 9.06. The predicted molar refractivity (Wildman–Crippen MR) is 307 cm³/mol. The van der Waals surface area contributed by atoms with Crippen molar-refractivity contribution in [2.24, 2.45) is 0 Å². The summed E-state index contributed by atoms with van der Waals surface area (Å²) in [5.74, 6) is 6.17. The van der Waals surface area contributed by atoms with Crippen molar-refractivity contribution < 1.29 is 84.9 Å². The molecule has 28 heteroatoms. The molecule has 1 amide bonds. The molecule has 1 saturated heterocycles. The molecule has 448 valence electrons. The van der Waals surface area contributed by atoms with Crippen molar-refractivity contribution in [3.8, 4) is 23.3 Å². The second kappa shape index (κ2) is 24.5. The number of benzene rings is 3. The highest BCUT2D eigenvalue weighted by molar-refractivity contribution is 7.66. The van der Waals surface area contributed by atoms with Crippen LogP contribution in [-0.4, -0.2) is 122 Å². The fraction of sp³-hybridized carbons (Fsp3) is 0.404. The van der Waals surface area contributed by atoms with Gasteiger partial charge in [0.05, 0.1) is 47.9 Å². The van der Waals surface area contributed by atoms with Gasteiger partial charge in [-0.1, -0.05) is 30.6 Å². The van der Waals surface area contributed by atoms with E-state index in [2.05, 4.69) is 70.5 Å². The Morgan fingerprint density at radius 1 is 0.918 bits per heavy atom. The maximum Gasteiger partial charge on any atom is 0.490 e. The molecule has 2 aromatic heterocycles. The van der Waals surface area contributed by atoms with E-state index in [1.807, 2.05) is 0 Å². The van der Waals surface area contributed by atoms with E-state index in [4.69, 9.17) is 39.0 Å². The molecule has 3 unspecified atom stereocenters. The number of phosphoric acid groups is 3. The summed E-state index contributed by atoms with van der Waals surface area (Å²) < 4.78 is 76.4. The number of nitrogens with one attached hydrogen (secondary N) is 1. The lowest BCUT2D eigenvalue weighted by atomic mass is 9.81. The number of nitrogen functional groups attached to an aromatic ring is 1. The second-order valence-electron chi connectivity index (χ2n) is 21.5. The largest absolute Gasteiger partial charge is 0.490 e. The first kappa shape index (κ1) is 59.8. The van der Waals surface area contributed by atoms with E-state index in [1.165, 1.54) is 45.7 Å². The number of ether oxygens (including phenoxy) is 4. The zero-order chi connectivity index (χ0) is 60.0. The van der Waals surface area contributed by atoms with Crippen molar-refractivity contribution in [2.75, 3.05) is 63.2 Å². The lowest BCUT2D eigenvalue weighted by Crippen LogP contribution is -2.45. The summed E-state index contributed by atoms with van der Waals surface area (Å²) in [4.78, 5) is 88.5. The van der Waals surface area contributed by atoms with Gasteiger partial charge in [0.25, 0.3) is 0 Å². The van der Waals surface area contributed by atoms with Gasteiger partial charge < -0.3 is 64.1 Å². The Balaban J connectivity index is 0.733. The number of alkyl carbamates (subject to hydrolysis) is 1. The van der Waals surface area contributed by atoms with Gasteiger partial charge in [-0.3, -0.25) is 9.32 Å². The molecular weight excluding hydrogens is 1160 g/mol. The SMILES string of the molecule is C=CCOC1C[C@H](n2cc(C#CCNC(=O)OCC(=C)CCCC(=O)c3ccc(C(=O)O)c(C4=c5cc6c7c(c5Oc5c4cc4c8c5CCCN8CCC4)CCC[N+]=7CCC6)c3)c3c(N)ncnc32)O[C@@H]1COP(=O)(O)OP(=O)(O)OP(=O)(O)O. The minimum Gasteiger partial charge on any atom is -0.478 e. The summed E-state index contributed by atoms with van der Waals surface area (Å²) in [6.45, 7) is 10.6. The molecule has 0 radical (unpaired) electrons. The van der Waals surface area contributed by atoms with Gasteiger partial charge >= 0.3 is 35.5 Å². The van der Waals surface area contributed by atoms with Crippen LogP contribution in [0, 0.1) is 11.8 Å². The molecule has 8 N–H and O–H groups in total. The second-order valence-corrected chi connectivity index (χ2v) is 25.9. The highest BCUT2D eigenvalue weighted by Gasteiger charge is 2.44. The van der Waals surface area contributed by atoms with E-state index in [9.17, 15) is 43.0 Å². The number of carboxylic acids is 1. The number of hydrogen-bond acceptors (Lipinski definition) is 17. The Morgan fingerprint density at radius 2 is 1.68 bits per heavy atom. The Labute approximate surface area is 487 Å². The molecule has 11 rings (SSSR count). The number of amides is 1. The maximum atomic E-state index is 14.1. The quantitative estimate of drug-likeness (QED) is 0.0142. The van der Waals surface area contributed by atoms with Crippen LogP contribution in [0.15, 0.2) is 67.7 Å². The molecule has 6 aliphatic rings. The van der Waals surface area contributed by atoms with Gasteiger partial charge in [0.2, 0.25) is 5.36 Å². The van der Waals surface area contributed by atoms with Crippen molar-refractivity contribution in [2.45, 2.75) is 95.5 Å². The summed E-state index contributed by atoms with van der Waals surface area (Å²) in [6, 6.07) is 9.30. The number of ketones is 1.